The summed E-state index contributed by atoms with van der Waals surface area (Å²) in [6, 6.07) is 13.9. The van der Waals surface area contributed by atoms with Gasteiger partial charge in [0.2, 0.25) is 17.7 Å². The summed E-state index contributed by atoms with van der Waals surface area (Å²) in [6.45, 7) is 8.29. The van der Waals surface area contributed by atoms with Gasteiger partial charge in [-0.2, -0.15) is 13.2 Å². The number of hydrogen-bond donors (Lipinski definition) is 4. The van der Waals surface area contributed by atoms with Gasteiger partial charge >= 0.3 is 6.18 Å². The van der Waals surface area contributed by atoms with Gasteiger partial charge in [-0.25, -0.2) is 0 Å². The van der Waals surface area contributed by atoms with Crippen LogP contribution in [-0.2, 0) is 19.2 Å². The molecular weight excluding hydrogens is 603 g/mol. The standard InChI is InChI=1S/C34H44F3N3O6/c1-19(2)25(18-27(41)24-13-11-23(12-14-24)22-9-7-6-8-10-22)33(46)40-30(20(3)4)28(42)17-21(5)32(45)39-26(15-16-29(38)43)31(44)34(35,36)37/h6-14,19-21,25-26,30-31,44H,15-18H2,1-5H3,(H2,38,43)(H,39,45)(H,40,46)/t21-,25+,26?,30+,31?/m1/s1. The van der Waals surface area contributed by atoms with Crippen molar-refractivity contribution in [1.82, 2.24) is 10.6 Å². The highest BCUT2D eigenvalue weighted by Crippen LogP contribution is 2.26. The van der Waals surface area contributed by atoms with Crippen LogP contribution in [0.2, 0.25) is 0 Å². The van der Waals surface area contributed by atoms with E-state index in [1.165, 1.54) is 6.92 Å². The highest BCUT2D eigenvalue weighted by atomic mass is 19.4. The number of benzene rings is 2. The van der Waals surface area contributed by atoms with Crippen LogP contribution >= 0.6 is 0 Å². The van der Waals surface area contributed by atoms with E-state index in [-0.39, 0.29) is 18.1 Å². The molecule has 12 heteroatoms. The zero-order valence-corrected chi connectivity index (χ0v) is 26.8. The number of amides is 3. The summed E-state index contributed by atoms with van der Waals surface area (Å²) in [5.41, 5.74) is 7.40. The summed E-state index contributed by atoms with van der Waals surface area (Å²) >= 11 is 0. The molecule has 2 rings (SSSR count). The molecule has 0 saturated heterocycles. The largest absolute Gasteiger partial charge is 0.416 e. The number of rotatable bonds is 17. The van der Waals surface area contributed by atoms with E-state index >= 15 is 0 Å². The van der Waals surface area contributed by atoms with Crippen molar-refractivity contribution in [3.63, 3.8) is 0 Å². The molecule has 0 radical (unpaired) electrons. The third-order valence-electron chi connectivity index (χ3n) is 7.87. The van der Waals surface area contributed by atoms with E-state index in [1.54, 1.807) is 39.8 Å². The van der Waals surface area contributed by atoms with E-state index in [9.17, 15) is 42.3 Å². The summed E-state index contributed by atoms with van der Waals surface area (Å²) in [5.74, 6) is -5.66. The van der Waals surface area contributed by atoms with Crippen molar-refractivity contribution >= 4 is 29.3 Å². The Morgan fingerprint density at radius 3 is 1.85 bits per heavy atom. The average molecular weight is 648 g/mol. The Morgan fingerprint density at radius 2 is 1.35 bits per heavy atom. The normalized spacial score (nSPS) is 15.0. The summed E-state index contributed by atoms with van der Waals surface area (Å²) in [7, 11) is 0. The molecule has 46 heavy (non-hydrogen) atoms. The Labute approximate surface area is 267 Å². The number of carbonyl (C=O) groups excluding carboxylic acids is 5. The van der Waals surface area contributed by atoms with Crippen molar-refractivity contribution in [2.75, 3.05) is 0 Å². The van der Waals surface area contributed by atoms with Gasteiger partial charge in [0.25, 0.3) is 0 Å². The Balaban J connectivity index is 2.09. The first kappa shape index (κ1) is 38.1. The second-order valence-electron chi connectivity index (χ2n) is 12.3. The second-order valence-corrected chi connectivity index (χ2v) is 12.3. The van der Waals surface area contributed by atoms with Gasteiger partial charge in [0, 0.05) is 36.7 Å². The van der Waals surface area contributed by atoms with Crippen LogP contribution in [0.4, 0.5) is 13.2 Å². The number of aliphatic hydroxyl groups is 1. The van der Waals surface area contributed by atoms with Gasteiger partial charge in [-0.3, -0.25) is 24.0 Å². The minimum absolute atomic E-state index is 0.0970. The number of ketones is 2. The van der Waals surface area contributed by atoms with Crippen LogP contribution in [0.1, 0.15) is 70.7 Å². The number of hydrogen-bond acceptors (Lipinski definition) is 6. The number of nitrogens with one attached hydrogen (secondary N) is 2. The Bertz CT molecular complexity index is 1350. The van der Waals surface area contributed by atoms with E-state index in [4.69, 9.17) is 5.73 Å². The molecule has 0 spiro atoms. The predicted octanol–water partition coefficient (Wildman–Crippen LogP) is 4.61. The van der Waals surface area contributed by atoms with Gasteiger partial charge in [-0.15, -0.1) is 0 Å². The van der Waals surface area contributed by atoms with Crippen molar-refractivity contribution in [2.24, 2.45) is 29.4 Å². The molecule has 0 heterocycles. The van der Waals surface area contributed by atoms with Gasteiger partial charge in [0.15, 0.2) is 17.7 Å². The zero-order valence-electron chi connectivity index (χ0n) is 26.8. The molecule has 0 aliphatic heterocycles. The maximum absolute atomic E-state index is 13.4. The predicted molar refractivity (Wildman–Crippen MR) is 167 cm³/mol. The summed E-state index contributed by atoms with van der Waals surface area (Å²) in [6.07, 6.45) is -9.59. The monoisotopic (exact) mass is 647 g/mol. The van der Waals surface area contributed by atoms with Crippen LogP contribution in [0, 0.1) is 23.7 Å². The fraction of sp³-hybridized carbons (Fsp3) is 0.500. The lowest BCUT2D eigenvalue weighted by Crippen LogP contribution is -2.52. The maximum Gasteiger partial charge on any atom is 0.416 e. The highest BCUT2D eigenvalue weighted by molar-refractivity contribution is 6.00. The number of Topliss-reactive ketones (excluding diaryl/α,β-unsaturated/α-hetero) is 2. The van der Waals surface area contributed by atoms with Crippen LogP contribution in [0.25, 0.3) is 11.1 Å². The van der Waals surface area contributed by atoms with E-state index in [1.807, 2.05) is 42.5 Å². The molecule has 2 aromatic carbocycles. The molecule has 0 aliphatic rings. The van der Waals surface area contributed by atoms with Crippen molar-refractivity contribution in [3.05, 3.63) is 60.2 Å². The Hall–Kier alpha value is -4.06. The van der Waals surface area contributed by atoms with Gasteiger partial charge in [-0.05, 0) is 29.4 Å². The third kappa shape index (κ3) is 11.4. The van der Waals surface area contributed by atoms with Crippen molar-refractivity contribution in [3.8, 4) is 11.1 Å². The summed E-state index contributed by atoms with van der Waals surface area (Å²) in [5, 5.41) is 14.5. The number of aliphatic hydroxyl groups excluding tert-OH is 1. The fourth-order valence-corrected chi connectivity index (χ4v) is 4.99. The summed E-state index contributed by atoms with van der Waals surface area (Å²) < 4.78 is 39.4. The van der Waals surface area contributed by atoms with Gasteiger partial charge in [-0.1, -0.05) is 89.2 Å². The van der Waals surface area contributed by atoms with Crippen molar-refractivity contribution < 1.29 is 42.3 Å². The van der Waals surface area contributed by atoms with Gasteiger partial charge < -0.3 is 21.5 Å². The van der Waals surface area contributed by atoms with Crippen LogP contribution in [-0.4, -0.2) is 58.8 Å². The highest BCUT2D eigenvalue weighted by Gasteiger charge is 2.44. The fourth-order valence-electron chi connectivity index (χ4n) is 4.99. The van der Waals surface area contributed by atoms with E-state index < -0.39 is 84.9 Å². The number of halogens is 3. The molecule has 0 fully saturated rings. The first-order valence-corrected chi connectivity index (χ1v) is 15.3. The quantitative estimate of drug-likeness (QED) is 0.184. The van der Waals surface area contributed by atoms with E-state index in [0.717, 1.165) is 11.1 Å². The molecule has 2 unspecified atom stereocenters. The number of alkyl halides is 3. The summed E-state index contributed by atoms with van der Waals surface area (Å²) in [4.78, 5) is 63.7. The minimum Gasteiger partial charge on any atom is -0.382 e. The lowest BCUT2D eigenvalue weighted by Gasteiger charge is -2.28. The third-order valence-corrected chi connectivity index (χ3v) is 7.87. The lowest BCUT2D eigenvalue weighted by atomic mass is 9.86. The average Bonchev–Trinajstić information content (AvgIpc) is 2.99. The molecule has 5 atom stereocenters. The SMILES string of the molecule is CC(C)[C@H](CC(=O)c1ccc(-c2ccccc2)cc1)C(=O)N[C@H](C(=O)C[C@@H](C)C(=O)NC(CCC(N)=O)C(O)C(F)(F)F)C(C)C. The van der Waals surface area contributed by atoms with Crippen molar-refractivity contribution in [1.29, 1.82) is 0 Å². The van der Waals surface area contributed by atoms with Crippen LogP contribution in [0.3, 0.4) is 0 Å². The number of nitrogens with two attached hydrogens (primary N) is 1. The smallest absolute Gasteiger partial charge is 0.382 e. The molecule has 9 nitrogen and oxygen atoms in total. The molecule has 0 aliphatic carbocycles. The van der Waals surface area contributed by atoms with E-state index in [2.05, 4.69) is 10.6 Å². The zero-order chi connectivity index (χ0) is 34.8. The van der Waals surface area contributed by atoms with Crippen molar-refractivity contribution in [2.45, 2.75) is 84.7 Å². The second kappa shape index (κ2) is 17.0. The number of primary amides is 1. The molecule has 0 saturated carbocycles. The van der Waals surface area contributed by atoms with Gasteiger partial charge in [0.1, 0.15) is 0 Å². The minimum atomic E-state index is -5.07. The van der Waals surface area contributed by atoms with Crippen LogP contribution in [0.5, 0.6) is 0 Å². The van der Waals surface area contributed by atoms with Crippen LogP contribution in [0.15, 0.2) is 54.6 Å². The van der Waals surface area contributed by atoms with E-state index in [0.29, 0.717) is 5.56 Å². The van der Waals surface area contributed by atoms with Crippen LogP contribution < -0.4 is 16.4 Å². The molecule has 2 aromatic rings. The molecule has 0 aromatic heterocycles. The topological polar surface area (TPSA) is 156 Å². The Morgan fingerprint density at radius 1 is 0.783 bits per heavy atom. The molecule has 3 amide bonds. The molecule has 5 N–H and O–H groups in total. The molecule has 0 bridgehead atoms. The molecule has 252 valence electrons. The first-order chi connectivity index (χ1) is 21.4. The number of carbonyl (C=O) groups is 5. The van der Waals surface area contributed by atoms with Gasteiger partial charge in [0.05, 0.1) is 12.1 Å². The maximum atomic E-state index is 13.4. The lowest BCUT2D eigenvalue weighted by molar-refractivity contribution is -0.213. The first-order valence-electron chi connectivity index (χ1n) is 15.3. The Kier molecular flexibility index (Phi) is 14.1. The molecular formula is C34H44F3N3O6.